The van der Waals surface area contributed by atoms with Gasteiger partial charge in [0.05, 0.1) is 18.5 Å². The highest BCUT2D eigenvalue weighted by Crippen LogP contribution is 2.32. The van der Waals surface area contributed by atoms with Crippen LogP contribution in [0.3, 0.4) is 0 Å². The van der Waals surface area contributed by atoms with Crippen LogP contribution in [0.15, 0.2) is 35.5 Å². The number of anilines is 1. The molecule has 0 aromatic carbocycles. The molecular weight excluding hydrogens is 390 g/mol. The molecule has 28 heavy (non-hydrogen) atoms. The topological polar surface area (TPSA) is 88.3 Å². The van der Waals surface area contributed by atoms with Crippen LogP contribution in [0, 0.1) is 5.92 Å². The van der Waals surface area contributed by atoms with Crippen LogP contribution in [0.2, 0.25) is 0 Å². The first-order valence-corrected chi connectivity index (χ1v) is 10.5. The molecule has 0 aliphatic rings. The van der Waals surface area contributed by atoms with Crippen molar-refractivity contribution < 1.29 is 22.3 Å². The van der Waals surface area contributed by atoms with Gasteiger partial charge in [-0.3, -0.25) is 0 Å². The van der Waals surface area contributed by atoms with Crippen molar-refractivity contribution in [3.63, 3.8) is 0 Å². The van der Waals surface area contributed by atoms with Crippen LogP contribution in [0.25, 0.3) is 5.69 Å². The normalized spacial score (nSPS) is 12.5. The first-order chi connectivity index (χ1) is 13.1. The molecule has 0 spiro atoms. The first-order valence-electron chi connectivity index (χ1n) is 8.61. The van der Waals surface area contributed by atoms with Crippen LogP contribution in [-0.2, 0) is 16.4 Å². The van der Waals surface area contributed by atoms with Gasteiger partial charge in [0, 0.05) is 25.4 Å². The summed E-state index contributed by atoms with van der Waals surface area (Å²) in [5, 5.41) is 13.5. The van der Waals surface area contributed by atoms with E-state index in [0.717, 1.165) is 6.26 Å². The highest BCUT2D eigenvalue weighted by Gasteiger charge is 2.26. The number of aliphatic hydroxyl groups is 1. The number of allylic oxidation sites excluding steroid dienone is 1. The lowest BCUT2D eigenvalue weighted by molar-refractivity contribution is 0.141. The highest BCUT2D eigenvalue weighted by atomic mass is 32.2. The molecule has 0 saturated heterocycles. The van der Waals surface area contributed by atoms with Gasteiger partial charge < -0.3 is 10.0 Å². The molecule has 0 radical (unpaired) electrons. The summed E-state index contributed by atoms with van der Waals surface area (Å²) in [6.45, 7) is 3.84. The molecule has 0 atom stereocenters. The van der Waals surface area contributed by atoms with Gasteiger partial charge in [-0.05, 0) is 18.1 Å². The third-order valence-corrected chi connectivity index (χ3v) is 4.96. The zero-order chi connectivity index (χ0) is 21.1. The molecule has 0 aliphatic carbocycles. The van der Waals surface area contributed by atoms with E-state index in [1.165, 1.54) is 23.0 Å². The van der Waals surface area contributed by atoms with Crippen molar-refractivity contribution >= 4 is 15.7 Å². The Bertz CT molecular complexity index is 938. The number of hydrogen-bond acceptors (Lipinski definition) is 6. The third kappa shape index (κ3) is 4.93. The number of rotatable bonds is 8. The Morgan fingerprint density at radius 1 is 1.32 bits per heavy atom. The van der Waals surface area contributed by atoms with Crippen LogP contribution in [-0.4, -0.2) is 48.1 Å². The van der Waals surface area contributed by atoms with Crippen molar-refractivity contribution in [1.29, 1.82) is 0 Å². The van der Waals surface area contributed by atoms with Crippen molar-refractivity contribution in [1.82, 2.24) is 14.8 Å². The van der Waals surface area contributed by atoms with Gasteiger partial charge in [0.25, 0.3) is 6.43 Å². The maximum atomic E-state index is 13.5. The standard InChI is InChI=1S/C18H24F2N4O3S/c1-12(2)6-5-9-23(3)18-14(11-25)16(17(19)20)22-24(18)13-7-8-15(21-10-13)28(4,26)27/h5-8,10,12,17,25H,9,11H2,1-4H3. The smallest absolute Gasteiger partial charge is 0.282 e. The number of sulfone groups is 1. The summed E-state index contributed by atoms with van der Waals surface area (Å²) in [6, 6.07) is 2.73. The van der Waals surface area contributed by atoms with E-state index in [-0.39, 0.29) is 10.6 Å². The van der Waals surface area contributed by atoms with E-state index in [1.807, 2.05) is 26.0 Å². The predicted octanol–water partition coefficient (Wildman–Crippen LogP) is 2.75. The molecule has 2 rings (SSSR count). The van der Waals surface area contributed by atoms with E-state index in [0.29, 0.717) is 24.0 Å². The molecule has 0 amide bonds. The summed E-state index contributed by atoms with van der Waals surface area (Å²) < 4.78 is 51.3. The quantitative estimate of drug-likeness (QED) is 0.669. The molecule has 154 valence electrons. The van der Waals surface area contributed by atoms with Gasteiger partial charge >= 0.3 is 0 Å². The fraction of sp³-hybridized carbons (Fsp3) is 0.444. The lowest BCUT2D eigenvalue weighted by Crippen LogP contribution is -2.22. The largest absolute Gasteiger partial charge is 0.391 e. The van der Waals surface area contributed by atoms with Gasteiger partial charge in [-0.2, -0.15) is 5.10 Å². The minimum absolute atomic E-state index is 0.0163. The minimum atomic E-state index is -3.49. The number of halogens is 2. The van der Waals surface area contributed by atoms with E-state index in [9.17, 15) is 22.3 Å². The summed E-state index contributed by atoms with van der Waals surface area (Å²) in [5.74, 6) is 0.625. The maximum absolute atomic E-state index is 13.5. The Balaban J connectivity index is 2.56. The number of pyridine rings is 1. The highest BCUT2D eigenvalue weighted by molar-refractivity contribution is 7.90. The first kappa shape index (κ1) is 22.0. The SMILES string of the molecule is CC(C)C=CCN(C)c1c(CO)c(C(F)F)nn1-c1ccc(S(C)(=O)=O)nc1. The van der Waals surface area contributed by atoms with Crippen molar-refractivity contribution in [2.75, 3.05) is 24.7 Å². The third-order valence-electron chi connectivity index (χ3n) is 3.96. The number of aliphatic hydroxyl groups excluding tert-OH is 1. The second-order valence-corrected chi connectivity index (χ2v) is 8.70. The van der Waals surface area contributed by atoms with E-state index in [1.54, 1.807) is 11.9 Å². The number of aromatic nitrogens is 3. The van der Waals surface area contributed by atoms with Gasteiger partial charge in [-0.1, -0.05) is 26.0 Å². The van der Waals surface area contributed by atoms with Gasteiger partial charge in [-0.15, -0.1) is 0 Å². The van der Waals surface area contributed by atoms with Crippen LogP contribution >= 0.6 is 0 Å². The van der Waals surface area contributed by atoms with Crippen LogP contribution in [0.1, 0.15) is 31.5 Å². The van der Waals surface area contributed by atoms with E-state index < -0.39 is 28.6 Å². The Morgan fingerprint density at radius 3 is 2.46 bits per heavy atom. The number of hydrogen-bond donors (Lipinski definition) is 1. The fourth-order valence-electron chi connectivity index (χ4n) is 2.65. The Labute approximate surface area is 163 Å². The van der Waals surface area contributed by atoms with E-state index in [4.69, 9.17) is 0 Å². The molecule has 2 aromatic heterocycles. The summed E-state index contributed by atoms with van der Waals surface area (Å²) in [5.41, 5.74) is -0.198. The monoisotopic (exact) mass is 414 g/mol. The average molecular weight is 414 g/mol. The number of nitrogens with zero attached hydrogens (tertiary/aromatic N) is 4. The second-order valence-electron chi connectivity index (χ2n) is 6.74. The van der Waals surface area contributed by atoms with Gasteiger partial charge in [0.2, 0.25) is 0 Å². The summed E-state index contributed by atoms with van der Waals surface area (Å²) in [4.78, 5) is 5.58. The zero-order valence-corrected chi connectivity index (χ0v) is 17.0. The van der Waals surface area contributed by atoms with Gasteiger partial charge in [0.1, 0.15) is 11.5 Å². The Morgan fingerprint density at radius 2 is 2.00 bits per heavy atom. The molecule has 0 saturated carbocycles. The maximum Gasteiger partial charge on any atom is 0.282 e. The van der Waals surface area contributed by atoms with Crippen LogP contribution in [0.4, 0.5) is 14.6 Å². The molecule has 1 N–H and O–H groups in total. The van der Waals surface area contributed by atoms with Crippen molar-refractivity contribution in [2.24, 2.45) is 5.92 Å². The van der Waals surface area contributed by atoms with E-state index >= 15 is 0 Å². The van der Waals surface area contributed by atoms with E-state index in [2.05, 4.69) is 10.1 Å². The van der Waals surface area contributed by atoms with Gasteiger partial charge in [-0.25, -0.2) is 26.9 Å². The predicted molar refractivity (Wildman–Crippen MR) is 103 cm³/mol. The van der Waals surface area contributed by atoms with Crippen molar-refractivity contribution in [2.45, 2.75) is 31.9 Å². The minimum Gasteiger partial charge on any atom is -0.391 e. The van der Waals surface area contributed by atoms with Crippen molar-refractivity contribution in [3.8, 4) is 5.69 Å². The molecule has 0 fully saturated rings. The molecule has 0 unspecified atom stereocenters. The molecule has 0 bridgehead atoms. The molecular formula is C18H24F2N4O3S. The average Bonchev–Trinajstić information content (AvgIpc) is 3.00. The second kappa shape index (κ2) is 8.78. The fourth-order valence-corrected chi connectivity index (χ4v) is 3.21. The van der Waals surface area contributed by atoms with Crippen molar-refractivity contribution in [3.05, 3.63) is 41.7 Å². The molecule has 2 aromatic rings. The lowest BCUT2D eigenvalue weighted by atomic mass is 10.2. The molecule has 10 heteroatoms. The molecule has 2 heterocycles. The molecule has 7 nitrogen and oxygen atoms in total. The lowest BCUT2D eigenvalue weighted by Gasteiger charge is -2.20. The summed E-state index contributed by atoms with van der Waals surface area (Å²) in [7, 11) is -1.79. The summed E-state index contributed by atoms with van der Waals surface area (Å²) in [6.07, 6.45) is 3.29. The van der Waals surface area contributed by atoms with Gasteiger partial charge in [0.15, 0.2) is 14.9 Å². The van der Waals surface area contributed by atoms with Crippen LogP contribution in [0.5, 0.6) is 0 Å². The number of likely N-dealkylation sites (N-methyl/N-ethyl adjacent to an activating group) is 1. The Kier molecular flexibility index (Phi) is 6.89. The zero-order valence-electron chi connectivity index (χ0n) is 16.2. The molecule has 0 aliphatic heterocycles. The van der Waals surface area contributed by atoms with Crippen LogP contribution < -0.4 is 4.90 Å². The summed E-state index contributed by atoms with van der Waals surface area (Å²) >= 11 is 0. The number of alkyl halides is 2. The Hall–Kier alpha value is -2.33.